The van der Waals surface area contributed by atoms with E-state index in [0.29, 0.717) is 18.6 Å². The molecule has 0 radical (unpaired) electrons. The minimum Gasteiger partial charge on any atom is -0.481 e. The molecule has 2 aliphatic rings. The zero-order valence-electron chi connectivity index (χ0n) is 9.44. The van der Waals surface area contributed by atoms with Gasteiger partial charge in [0.2, 0.25) is 0 Å². The van der Waals surface area contributed by atoms with Gasteiger partial charge in [0.05, 0.1) is 5.92 Å². The highest BCUT2D eigenvalue weighted by Gasteiger charge is 2.40. The Bertz CT molecular complexity index is 251. The lowest BCUT2D eigenvalue weighted by Crippen LogP contribution is -2.40. The molecule has 1 aliphatic heterocycles. The van der Waals surface area contributed by atoms with Gasteiger partial charge in [0.1, 0.15) is 0 Å². The molecule has 0 bridgehead atoms. The summed E-state index contributed by atoms with van der Waals surface area (Å²) in [5.74, 6) is -0.885. The summed E-state index contributed by atoms with van der Waals surface area (Å²) in [5.41, 5.74) is 0. The highest BCUT2D eigenvalue weighted by Crippen LogP contribution is 2.25. The Morgan fingerprint density at radius 1 is 1.40 bits per heavy atom. The van der Waals surface area contributed by atoms with Gasteiger partial charge in [-0.1, -0.05) is 0 Å². The number of nitrogens with one attached hydrogen (secondary N) is 1. The van der Waals surface area contributed by atoms with E-state index in [9.17, 15) is 4.79 Å². The van der Waals surface area contributed by atoms with Crippen molar-refractivity contribution in [1.82, 2.24) is 10.2 Å². The SMILES string of the molecule is CC(C)N1CC(NC2CC2)C(C(=O)O)C1. The number of hydrogen-bond acceptors (Lipinski definition) is 3. The van der Waals surface area contributed by atoms with Crippen molar-refractivity contribution in [3.8, 4) is 0 Å². The fourth-order valence-electron chi connectivity index (χ4n) is 2.23. The third-order valence-corrected chi connectivity index (χ3v) is 3.42. The Morgan fingerprint density at radius 2 is 2.07 bits per heavy atom. The summed E-state index contributed by atoms with van der Waals surface area (Å²) in [6, 6.07) is 1.18. The first-order valence-corrected chi connectivity index (χ1v) is 5.81. The molecule has 0 aromatic heterocycles. The van der Waals surface area contributed by atoms with Gasteiger partial charge in [-0.2, -0.15) is 0 Å². The zero-order chi connectivity index (χ0) is 11.0. The summed E-state index contributed by atoms with van der Waals surface area (Å²) < 4.78 is 0. The highest BCUT2D eigenvalue weighted by molar-refractivity contribution is 5.71. The number of carboxylic acids is 1. The molecule has 2 fully saturated rings. The second kappa shape index (κ2) is 4.10. The fourth-order valence-corrected chi connectivity index (χ4v) is 2.23. The van der Waals surface area contributed by atoms with E-state index in [1.54, 1.807) is 0 Å². The maximum Gasteiger partial charge on any atom is 0.309 e. The smallest absolute Gasteiger partial charge is 0.309 e. The number of hydrogen-bond donors (Lipinski definition) is 2. The molecule has 1 aliphatic carbocycles. The van der Waals surface area contributed by atoms with Crippen molar-refractivity contribution in [3.05, 3.63) is 0 Å². The number of nitrogens with zero attached hydrogens (tertiary/aromatic N) is 1. The van der Waals surface area contributed by atoms with Gasteiger partial charge in [-0.05, 0) is 26.7 Å². The third-order valence-electron chi connectivity index (χ3n) is 3.42. The molecule has 0 aromatic carbocycles. The summed E-state index contributed by atoms with van der Waals surface area (Å²) in [4.78, 5) is 13.4. The second-order valence-corrected chi connectivity index (χ2v) is 5.04. The molecule has 1 saturated carbocycles. The molecule has 86 valence electrons. The van der Waals surface area contributed by atoms with Gasteiger partial charge in [-0.3, -0.25) is 9.69 Å². The number of carbonyl (C=O) groups is 1. The number of carboxylic acid groups (broad SMARTS) is 1. The molecule has 1 heterocycles. The van der Waals surface area contributed by atoms with E-state index in [2.05, 4.69) is 24.1 Å². The third kappa shape index (κ3) is 2.49. The van der Waals surface area contributed by atoms with Crippen molar-refractivity contribution in [2.24, 2.45) is 5.92 Å². The molecule has 4 nitrogen and oxygen atoms in total. The summed E-state index contributed by atoms with van der Waals surface area (Å²) in [7, 11) is 0. The van der Waals surface area contributed by atoms with Crippen LogP contribution in [0.25, 0.3) is 0 Å². The standard InChI is InChI=1S/C11H20N2O2/c1-7(2)13-5-9(11(14)15)10(6-13)12-8-3-4-8/h7-10,12H,3-6H2,1-2H3,(H,14,15). The van der Waals surface area contributed by atoms with Gasteiger partial charge >= 0.3 is 5.97 Å². The normalized spacial score (nSPS) is 32.5. The molecule has 2 atom stereocenters. The molecule has 2 unspecified atom stereocenters. The lowest BCUT2D eigenvalue weighted by Gasteiger charge is -2.20. The maximum atomic E-state index is 11.1. The molecule has 2 N–H and O–H groups in total. The van der Waals surface area contributed by atoms with Crippen LogP contribution in [-0.4, -0.2) is 47.2 Å². The lowest BCUT2D eigenvalue weighted by atomic mass is 10.0. The van der Waals surface area contributed by atoms with Crippen molar-refractivity contribution >= 4 is 5.97 Å². The van der Waals surface area contributed by atoms with Crippen molar-refractivity contribution in [3.63, 3.8) is 0 Å². The monoisotopic (exact) mass is 212 g/mol. The Balaban J connectivity index is 1.96. The number of likely N-dealkylation sites (tertiary alicyclic amines) is 1. The van der Waals surface area contributed by atoms with Crippen molar-refractivity contribution in [1.29, 1.82) is 0 Å². The largest absolute Gasteiger partial charge is 0.481 e. The van der Waals surface area contributed by atoms with E-state index >= 15 is 0 Å². The van der Waals surface area contributed by atoms with Crippen LogP contribution in [0.5, 0.6) is 0 Å². The van der Waals surface area contributed by atoms with Crippen LogP contribution in [-0.2, 0) is 4.79 Å². The fraction of sp³-hybridized carbons (Fsp3) is 0.909. The molecule has 0 amide bonds. The van der Waals surface area contributed by atoms with Crippen LogP contribution >= 0.6 is 0 Å². The van der Waals surface area contributed by atoms with Crippen molar-refractivity contribution < 1.29 is 9.90 Å². The van der Waals surface area contributed by atoms with Gasteiger partial charge in [0.15, 0.2) is 0 Å². The zero-order valence-corrected chi connectivity index (χ0v) is 9.44. The first-order chi connectivity index (χ1) is 7.08. The van der Waals surface area contributed by atoms with Crippen LogP contribution in [0.3, 0.4) is 0 Å². The van der Waals surface area contributed by atoms with Crippen LogP contribution in [0.15, 0.2) is 0 Å². The molecule has 1 saturated heterocycles. The molecule has 0 spiro atoms. The van der Waals surface area contributed by atoms with E-state index in [-0.39, 0.29) is 12.0 Å². The molecular formula is C11H20N2O2. The quantitative estimate of drug-likeness (QED) is 0.714. The molecule has 4 heteroatoms. The summed E-state index contributed by atoms with van der Waals surface area (Å²) in [5, 5.41) is 12.6. The van der Waals surface area contributed by atoms with Gasteiger partial charge in [-0.25, -0.2) is 0 Å². The van der Waals surface area contributed by atoms with Crippen LogP contribution in [0, 0.1) is 5.92 Å². The van der Waals surface area contributed by atoms with E-state index in [0.717, 1.165) is 6.54 Å². The maximum absolute atomic E-state index is 11.1. The molecule has 15 heavy (non-hydrogen) atoms. The van der Waals surface area contributed by atoms with Gasteiger partial charge in [0, 0.05) is 31.2 Å². The minimum absolute atomic E-state index is 0.150. The number of aliphatic carboxylic acids is 1. The topological polar surface area (TPSA) is 52.6 Å². The van der Waals surface area contributed by atoms with E-state index in [4.69, 9.17) is 5.11 Å². The van der Waals surface area contributed by atoms with Crippen molar-refractivity contribution in [2.75, 3.05) is 13.1 Å². The van der Waals surface area contributed by atoms with Crippen molar-refractivity contribution in [2.45, 2.75) is 44.8 Å². The van der Waals surface area contributed by atoms with Crippen LogP contribution in [0.4, 0.5) is 0 Å². The van der Waals surface area contributed by atoms with Gasteiger partial charge < -0.3 is 10.4 Å². The minimum atomic E-state index is -0.656. The first-order valence-electron chi connectivity index (χ1n) is 5.81. The van der Waals surface area contributed by atoms with Gasteiger partial charge in [0.25, 0.3) is 0 Å². The highest BCUT2D eigenvalue weighted by atomic mass is 16.4. The average molecular weight is 212 g/mol. The summed E-state index contributed by atoms with van der Waals surface area (Å²) >= 11 is 0. The average Bonchev–Trinajstić information content (AvgIpc) is 2.82. The Labute approximate surface area is 90.6 Å². The second-order valence-electron chi connectivity index (χ2n) is 5.04. The van der Waals surface area contributed by atoms with Crippen LogP contribution < -0.4 is 5.32 Å². The van der Waals surface area contributed by atoms with Gasteiger partial charge in [-0.15, -0.1) is 0 Å². The predicted molar refractivity (Wildman–Crippen MR) is 57.8 cm³/mol. The predicted octanol–water partition coefficient (Wildman–Crippen LogP) is 0.532. The molecule has 0 aromatic rings. The van der Waals surface area contributed by atoms with Crippen LogP contribution in [0.1, 0.15) is 26.7 Å². The Morgan fingerprint density at radius 3 is 2.53 bits per heavy atom. The summed E-state index contributed by atoms with van der Waals surface area (Å²) in [6.45, 7) is 5.82. The summed E-state index contributed by atoms with van der Waals surface area (Å²) in [6.07, 6.45) is 2.43. The van der Waals surface area contributed by atoms with E-state index < -0.39 is 5.97 Å². The van der Waals surface area contributed by atoms with E-state index in [1.807, 2.05) is 0 Å². The molecular weight excluding hydrogens is 192 g/mol. The first kappa shape index (κ1) is 10.9. The van der Waals surface area contributed by atoms with Crippen LogP contribution in [0.2, 0.25) is 0 Å². The van der Waals surface area contributed by atoms with E-state index in [1.165, 1.54) is 12.8 Å². The Kier molecular flexibility index (Phi) is 2.98. The lowest BCUT2D eigenvalue weighted by molar-refractivity contribution is -0.141. The number of rotatable bonds is 4. The Hall–Kier alpha value is -0.610. The molecule has 2 rings (SSSR count).